The molecule has 0 aliphatic heterocycles. The molecule has 17 heavy (non-hydrogen) atoms. The number of hydrogen-bond acceptors (Lipinski definition) is 5. The topological polar surface area (TPSA) is 49.8 Å². The molecule has 2 heterocycles. The second kappa shape index (κ2) is 5.63. The van der Waals surface area contributed by atoms with Crippen molar-refractivity contribution in [2.75, 3.05) is 17.2 Å². The average Bonchev–Trinajstić information content (AvgIpc) is 2.79. The predicted molar refractivity (Wildman–Crippen MR) is 72.6 cm³/mol. The van der Waals surface area contributed by atoms with Gasteiger partial charge in [-0.15, -0.1) is 11.3 Å². The zero-order chi connectivity index (χ0) is 12.1. The summed E-state index contributed by atoms with van der Waals surface area (Å²) in [5.41, 5.74) is 0.963. The molecule has 0 fully saturated rings. The van der Waals surface area contributed by atoms with E-state index in [2.05, 4.69) is 38.1 Å². The molecule has 2 aromatic heterocycles. The van der Waals surface area contributed by atoms with E-state index in [1.165, 1.54) is 4.88 Å². The van der Waals surface area contributed by atoms with E-state index >= 15 is 0 Å². The minimum absolute atomic E-state index is 0.682. The molecule has 0 aliphatic rings. The van der Waals surface area contributed by atoms with Crippen LogP contribution in [0.1, 0.15) is 17.5 Å². The Hall–Kier alpha value is -1.62. The first-order valence-corrected chi connectivity index (χ1v) is 6.51. The smallest absolute Gasteiger partial charge is 0.224 e. The van der Waals surface area contributed by atoms with Gasteiger partial charge in [0, 0.05) is 23.2 Å². The molecule has 0 spiro atoms. The van der Waals surface area contributed by atoms with Crippen LogP contribution >= 0.6 is 11.3 Å². The van der Waals surface area contributed by atoms with E-state index in [1.54, 1.807) is 11.3 Å². The number of aromatic nitrogens is 2. The predicted octanol–water partition coefficient (Wildman–Crippen LogP) is 2.89. The van der Waals surface area contributed by atoms with Gasteiger partial charge in [0.05, 0.1) is 6.54 Å². The first kappa shape index (κ1) is 11.9. The van der Waals surface area contributed by atoms with Gasteiger partial charge in [0.25, 0.3) is 0 Å². The molecule has 0 atom stereocenters. The summed E-state index contributed by atoms with van der Waals surface area (Å²) in [4.78, 5) is 10.0. The zero-order valence-electron chi connectivity index (χ0n) is 10.0. The first-order chi connectivity index (χ1) is 8.28. The van der Waals surface area contributed by atoms with E-state index in [1.807, 2.05) is 19.9 Å². The summed E-state index contributed by atoms with van der Waals surface area (Å²) in [6.07, 6.45) is 0. The Morgan fingerprint density at radius 1 is 1.29 bits per heavy atom. The van der Waals surface area contributed by atoms with Crippen LogP contribution in [0.2, 0.25) is 0 Å². The van der Waals surface area contributed by atoms with Crippen molar-refractivity contribution < 1.29 is 0 Å². The van der Waals surface area contributed by atoms with Crippen molar-refractivity contribution in [3.8, 4) is 0 Å². The number of hydrogen-bond donors (Lipinski definition) is 2. The molecule has 0 bridgehead atoms. The van der Waals surface area contributed by atoms with Crippen LogP contribution in [0.5, 0.6) is 0 Å². The van der Waals surface area contributed by atoms with Crippen molar-refractivity contribution in [3.05, 3.63) is 34.2 Å². The van der Waals surface area contributed by atoms with Crippen LogP contribution < -0.4 is 10.6 Å². The Morgan fingerprint density at radius 3 is 2.88 bits per heavy atom. The summed E-state index contributed by atoms with van der Waals surface area (Å²) < 4.78 is 0. The van der Waals surface area contributed by atoms with Crippen LogP contribution in [-0.2, 0) is 6.54 Å². The molecular formula is C12H16N4S. The fourth-order valence-electron chi connectivity index (χ4n) is 1.49. The molecule has 0 saturated carbocycles. The molecule has 2 aromatic rings. The van der Waals surface area contributed by atoms with E-state index in [0.29, 0.717) is 5.95 Å². The van der Waals surface area contributed by atoms with Crippen LogP contribution in [0.15, 0.2) is 23.6 Å². The van der Waals surface area contributed by atoms with Gasteiger partial charge in [0.15, 0.2) is 0 Å². The van der Waals surface area contributed by atoms with Gasteiger partial charge in [-0.1, -0.05) is 6.07 Å². The molecule has 0 unspecified atom stereocenters. The lowest BCUT2D eigenvalue weighted by atomic mass is 10.4. The first-order valence-electron chi connectivity index (χ1n) is 5.63. The quantitative estimate of drug-likeness (QED) is 0.854. The van der Waals surface area contributed by atoms with Crippen LogP contribution in [0.3, 0.4) is 0 Å². The highest BCUT2D eigenvalue weighted by Crippen LogP contribution is 2.13. The lowest BCUT2D eigenvalue weighted by molar-refractivity contribution is 1.03. The van der Waals surface area contributed by atoms with Gasteiger partial charge in [-0.05, 0) is 25.3 Å². The zero-order valence-corrected chi connectivity index (χ0v) is 10.8. The number of thiophene rings is 1. The highest BCUT2D eigenvalue weighted by molar-refractivity contribution is 7.09. The lowest BCUT2D eigenvalue weighted by Crippen LogP contribution is -2.07. The van der Waals surface area contributed by atoms with Crippen molar-refractivity contribution in [3.63, 3.8) is 0 Å². The summed E-state index contributed by atoms with van der Waals surface area (Å²) >= 11 is 1.74. The fraction of sp³-hybridized carbons (Fsp3) is 0.333. The molecule has 0 aromatic carbocycles. The molecule has 0 saturated heterocycles. The number of nitrogens with one attached hydrogen (secondary N) is 2. The van der Waals surface area contributed by atoms with Gasteiger partial charge >= 0.3 is 0 Å². The van der Waals surface area contributed by atoms with Crippen LogP contribution in [0.4, 0.5) is 11.8 Å². The minimum Gasteiger partial charge on any atom is -0.365 e. The molecule has 2 rings (SSSR count). The molecule has 0 amide bonds. The largest absolute Gasteiger partial charge is 0.365 e. The maximum absolute atomic E-state index is 4.39. The highest BCUT2D eigenvalue weighted by atomic mass is 32.1. The third-order valence-electron chi connectivity index (χ3n) is 2.21. The Labute approximate surface area is 105 Å². The van der Waals surface area contributed by atoms with Crippen molar-refractivity contribution in [1.82, 2.24) is 9.97 Å². The third-order valence-corrected chi connectivity index (χ3v) is 3.09. The third kappa shape index (κ3) is 3.42. The van der Waals surface area contributed by atoms with Crippen molar-refractivity contribution in [2.45, 2.75) is 20.4 Å². The summed E-state index contributed by atoms with van der Waals surface area (Å²) in [6, 6.07) is 6.11. The Kier molecular flexibility index (Phi) is 3.93. The fourth-order valence-corrected chi connectivity index (χ4v) is 2.13. The van der Waals surface area contributed by atoms with E-state index in [9.17, 15) is 0 Å². The van der Waals surface area contributed by atoms with Gasteiger partial charge < -0.3 is 10.6 Å². The molecule has 0 radical (unpaired) electrons. The van der Waals surface area contributed by atoms with Crippen LogP contribution in [-0.4, -0.2) is 16.5 Å². The number of aryl methyl sites for hydroxylation is 1. The van der Waals surface area contributed by atoms with Crippen LogP contribution in [0, 0.1) is 6.92 Å². The SMILES string of the molecule is CCNc1nc(C)cc(NCc2cccs2)n1. The van der Waals surface area contributed by atoms with E-state index in [4.69, 9.17) is 0 Å². The van der Waals surface area contributed by atoms with E-state index < -0.39 is 0 Å². The normalized spacial score (nSPS) is 10.2. The summed E-state index contributed by atoms with van der Waals surface area (Å²) in [7, 11) is 0. The average molecular weight is 248 g/mol. The Bertz CT molecular complexity index is 467. The summed E-state index contributed by atoms with van der Waals surface area (Å²) in [5.74, 6) is 1.54. The standard InChI is InChI=1S/C12H16N4S/c1-3-13-12-15-9(2)7-11(16-12)14-8-10-5-4-6-17-10/h4-7H,3,8H2,1-2H3,(H2,13,14,15,16). The molecule has 2 N–H and O–H groups in total. The minimum atomic E-state index is 0.682. The van der Waals surface area contributed by atoms with Gasteiger partial charge in [-0.2, -0.15) is 4.98 Å². The van der Waals surface area contributed by atoms with Gasteiger partial charge in [0.2, 0.25) is 5.95 Å². The maximum Gasteiger partial charge on any atom is 0.224 e. The molecule has 90 valence electrons. The van der Waals surface area contributed by atoms with Crippen LogP contribution in [0.25, 0.3) is 0 Å². The molecule has 5 heteroatoms. The van der Waals surface area contributed by atoms with Gasteiger partial charge in [-0.25, -0.2) is 4.98 Å². The molecular weight excluding hydrogens is 232 g/mol. The van der Waals surface area contributed by atoms with Crippen molar-refractivity contribution >= 4 is 23.1 Å². The van der Waals surface area contributed by atoms with Crippen molar-refractivity contribution in [2.24, 2.45) is 0 Å². The van der Waals surface area contributed by atoms with Crippen molar-refractivity contribution in [1.29, 1.82) is 0 Å². The van der Waals surface area contributed by atoms with E-state index in [0.717, 1.165) is 24.6 Å². The van der Waals surface area contributed by atoms with E-state index in [-0.39, 0.29) is 0 Å². The monoisotopic (exact) mass is 248 g/mol. The lowest BCUT2D eigenvalue weighted by Gasteiger charge is -2.08. The van der Waals surface area contributed by atoms with Gasteiger partial charge in [-0.3, -0.25) is 0 Å². The number of nitrogens with zero attached hydrogens (tertiary/aromatic N) is 2. The molecule has 4 nitrogen and oxygen atoms in total. The maximum atomic E-state index is 4.39. The Morgan fingerprint density at radius 2 is 2.18 bits per heavy atom. The second-order valence-corrected chi connectivity index (χ2v) is 4.71. The summed E-state index contributed by atoms with van der Waals surface area (Å²) in [6.45, 7) is 5.64. The highest BCUT2D eigenvalue weighted by Gasteiger charge is 2.01. The Balaban J connectivity index is 2.04. The summed E-state index contributed by atoms with van der Waals surface area (Å²) in [5, 5.41) is 8.50. The number of anilines is 2. The number of rotatable bonds is 5. The van der Waals surface area contributed by atoms with Gasteiger partial charge in [0.1, 0.15) is 5.82 Å². The second-order valence-electron chi connectivity index (χ2n) is 3.68. The molecule has 0 aliphatic carbocycles.